The quantitative estimate of drug-likeness (QED) is 0.858. The van der Waals surface area contributed by atoms with Crippen LogP contribution in [0.5, 0.6) is 0 Å². The normalized spacial score (nSPS) is 13.6. The third-order valence-corrected chi connectivity index (χ3v) is 3.99. The van der Waals surface area contributed by atoms with E-state index in [-0.39, 0.29) is 12.5 Å². The Kier molecular flexibility index (Phi) is 5.11. The summed E-state index contributed by atoms with van der Waals surface area (Å²) in [5.41, 5.74) is 1.95. The lowest BCUT2D eigenvalue weighted by molar-refractivity contribution is -0.133. The molecule has 2 aromatic carbocycles. The molecule has 3 rings (SSSR count). The second-order valence-electron chi connectivity index (χ2n) is 5.70. The van der Waals surface area contributed by atoms with Gasteiger partial charge < -0.3 is 15.0 Å². The molecule has 0 atom stereocenters. The van der Waals surface area contributed by atoms with E-state index in [1.807, 2.05) is 42.5 Å². The summed E-state index contributed by atoms with van der Waals surface area (Å²) in [5, 5.41) is 3.20. The van der Waals surface area contributed by atoms with Crippen LogP contribution in [0.2, 0.25) is 0 Å². The maximum absolute atomic E-state index is 12.3. The summed E-state index contributed by atoms with van der Waals surface area (Å²) in [5.74, 6) is -0.629. The molecular weight excluding hydrogens is 304 g/mol. The summed E-state index contributed by atoms with van der Waals surface area (Å²) in [6, 6.07) is 16.7. The predicted molar refractivity (Wildman–Crippen MR) is 92.3 cm³/mol. The van der Waals surface area contributed by atoms with Crippen LogP contribution in [-0.2, 0) is 9.53 Å². The van der Waals surface area contributed by atoms with Gasteiger partial charge in [0, 0.05) is 18.8 Å². The van der Waals surface area contributed by atoms with Gasteiger partial charge in [0.1, 0.15) is 0 Å². The highest BCUT2D eigenvalue weighted by atomic mass is 16.5. The number of rotatable bonds is 5. The molecule has 1 saturated heterocycles. The molecule has 1 N–H and O–H groups in total. The fraction of sp³-hybridized carbons (Fsp3) is 0.263. The van der Waals surface area contributed by atoms with Gasteiger partial charge in [-0.25, -0.2) is 4.79 Å². The van der Waals surface area contributed by atoms with Gasteiger partial charge in [0.2, 0.25) is 0 Å². The first-order valence-corrected chi connectivity index (χ1v) is 8.10. The molecule has 0 radical (unpaired) electrons. The van der Waals surface area contributed by atoms with E-state index in [0.717, 1.165) is 31.6 Å². The minimum atomic E-state index is -0.499. The number of para-hydroxylation sites is 2. The smallest absolute Gasteiger partial charge is 0.340 e. The van der Waals surface area contributed by atoms with E-state index >= 15 is 0 Å². The maximum atomic E-state index is 12.3. The molecular formula is C19H20N2O3. The van der Waals surface area contributed by atoms with E-state index in [1.165, 1.54) is 0 Å². The number of carbonyl (C=O) groups is 2. The lowest BCUT2D eigenvalue weighted by Crippen LogP contribution is -2.32. The number of benzene rings is 2. The highest BCUT2D eigenvalue weighted by Crippen LogP contribution is 2.21. The van der Waals surface area contributed by atoms with E-state index in [9.17, 15) is 9.59 Å². The van der Waals surface area contributed by atoms with Gasteiger partial charge in [0.25, 0.3) is 5.91 Å². The van der Waals surface area contributed by atoms with Crippen molar-refractivity contribution in [2.45, 2.75) is 12.8 Å². The number of amides is 1. The van der Waals surface area contributed by atoms with E-state index in [1.54, 1.807) is 17.0 Å². The van der Waals surface area contributed by atoms with Crippen molar-refractivity contribution in [3.8, 4) is 0 Å². The molecule has 0 aromatic heterocycles. The minimum absolute atomic E-state index is 0.130. The molecule has 1 aliphatic rings. The monoisotopic (exact) mass is 324 g/mol. The van der Waals surface area contributed by atoms with Crippen molar-refractivity contribution in [3.63, 3.8) is 0 Å². The molecule has 5 heteroatoms. The zero-order valence-electron chi connectivity index (χ0n) is 13.4. The van der Waals surface area contributed by atoms with Gasteiger partial charge >= 0.3 is 5.97 Å². The molecule has 124 valence electrons. The second kappa shape index (κ2) is 7.64. The Labute approximate surface area is 141 Å². The van der Waals surface area contributed by atoms with Crippen molar-refractivity contribution < 1.29 is 14.3 Å². The molecule has 0 spiro atoms. The second-order valence-corrected chi connectivity index (χ2v) is 5.70. The lowest BCUT2D eigenvalue weighted by Gasteiger charge is -2.16. The first-order valence-electron chi connectivity index (χ1n) is 8.10. The van der Waals surface area contributed by atoms with Crippen LogP contribution in [0.15, 0.2) is 54.6 Å². The van der Waals surface area contributed by atoms with E-state index in [4.69, 9.17) is 4.74 Å². The SMILES string of the molecule is O=C(OCC(=O)N1CCCC1)c1ccccc1Nc1ccccc1. The van der Waals surface area contributed by atoms with Crippen molar-refractivity contribution in [2.75, 3.05) is 25.0 Å². The number of carbonyl (C=O) groups excluding carboxylic acids is 2. The molecule has 1 amide bonds. The fourth-order valence-corrected chi connectivity index (χ4v) is 2.71. The zero-order valence-corrected chi connectivity index (χ0v) is 13.4. The Morgan fingerprint density at radius 3 is 2.38 bits per heavy atom. The largest absolute Gasteiger partial charge is 0.452 e. The molecule has 5 nitrogen and oxygen atoms in total. The predicted octanol–water partition coefficient (Wildman–Crippen LogP) is 3.21. The molecule has 24 heavy (non-hydrogen) atoms. The Bertz CT molecular complexity index is 710. The Balaban J connectivity index is 1.65. The summed E-state index contributed by atoms with van der Waals surface area (Å²) in [7, 11) is 0. The van der Waals surface area contributed by atoms with Gasteiger partial charge in [0.05, 0.1) is 11.3 Å². The Morgan fingerprint density at radius 2 is 1.62 bits per heavy atom. The van der Waals surface area contributed by atoms with Gasteiger partial charge in [-0.2, -0.15) is 0 Å². The zero-order chi connectivity index (χ0) is 16.8. The number of hydrogen-bond donors (Lipinski definition) is 1. The van der Waals surface area contributed by atoms with Crippen molar-refractivity contribution >= 4 is 23.3 Å². The lowest BCUT2D eigenvalue weighted by atomic mass is 10.1. The average molecular weight is 324 g/mol. The molecule has 1 heterocycles. The van der Waals surface area contributed by atoms with E-state index < -0.39 is 5.97 Å². The van der Waals surface area contributed by atoms with Gasteiger partial charge in [-0.3, -0.25) is 4.79 Å². The van der Waals surface area contributed by atoms with Gasteiger partial charge in [0.15, 0.2) is 6.61 Å². The molecule has 1 fully saturated rings. The third-order valence-electron chi connectivity index (χ3n) is 3.99. The minimum Gasteiger partial charge on any atom is -0.452 e. The molecule has 2 aromatic rings. The highest BCUT2D eigenvalue weighted by Gasteiger charge is 2.20. The Morgan fingerprint density at radius 1 is 0.958 bits per heavy atom. The molecule has 0 unspecified atom stereocenters. The van der Waals surface area contributed by atoms with Crippen molar-refractivity contribution in [1.82, 2.24) is 4.90 Å². The fourth-order valence-electron chi connectivity index (χ4n) is 2.71. The van der Waals surface area contributed by atoms with E-state index in [0.29, 0.717) is 11.3 Å². The topological polar surface area (TPSA) is 58.6 Å². The molecule has 0 saturated carbocycles. The summed E-state index contributed by atoms with van der Waals surface area (Å²) in [4.78, 5) is 26.1. The number of likely N-dealkylation sites (tertiary alicyclic amines) is 1. The van der Waals surface area contributed by atoms with Gasteiger partial charge in [-0.1, -0.05) is 30.3 Å². The van der Waals surface area contributed by atoms with Crippen LogP contribution in [0.1, 0.15) is 23.2 Å². The number of nitrogens with one attached hydrogen (secondary N) is 1. The molecule has 0 bridgehead atoms. The van der Waals surface area contributed by atoms with Gasteiger partial charge in [-0.15, -0.1) is 0 Å². The number of anilines is 2. The summed E-state index contributed by atoms with van der Waals surface area (Å²) < 4.78 is 5.21. The van der Waals surface area contributed by atoms with Crippen LogP contribution in [0, 0.1) is 0 Å². The summed E-state index contributed by atoms with van der Waals surface area (Å²) in [6.45, 7) is 1.30. The van der Waals surface area contributed by atoms with Crippen molar-refractivity contribution in [3.05, 3.63) is 60.2 Å². The maximum Gasteiger partial charge on any atom is 0.340 e. The number of hydrogen-bond acceptors (Lipinski definition) is 4. The Hall–Kier alpha value is -2.82. The highest BCUT2D eigenvalue weighted by molar-refractivity contribution is 5.97. The summed E-state index contributed by atoms with van der Waals surface area (Å²) in [6.07, 6.45) is 2.03. The van der Waals surface area contributed by atoms with Crippen LogP contribution >= 0.6 is 0 Å². The van der Waals surface area contributed by atoms with Crippen LogP contribution in [0.4, 0.5) is 11.4 Å². The standard InChI is InChI=1S/C19H20N2O3/c22-18(21-12-6-7-13-21)14-24-19(23)16-10-4-5-11-17(16)20-15-8-2-1-3-9-15/h1-5,8-11,20H,6-7,12-14H2. The van der Waals surface area contributed by atoms with E-state index in [2.05, 4.69) is 5.32 Å². The third kappa shape index (κ3) is 3.93. The first kappa shape index (κ1) is 16.1. The van der Waals surface area contributed by atoms with Gasteiger partial charge in [-0.05, 0) is 37.1 Å². The van der Waals surface area contributed by atoms with Crippen molar-refractivity contribution in [1.29, 1.82) is 0 Å². The van der Waals surface area contributed by atoms with Crippen molar-refractivity contribution in [2.24, 2.45) is 0 Å². The van der Waals surface area contributed by atoms with Crippen LogP contribution < -0.4 is 5.32 Å². The van der Waals surface area contributed by atoms with Crippen LogP contribution in [-0.4, -0.2) is 36.5 Å². The average Bonchev–Trinajstić information content (AvgIpc) is 3.15. The number of esters is 1. The van der Waals surface area contributed by atoms with Crippen LogP contribution in [0.25, 0.3) is 0 Å². The molecule has 1 aliphatic heterocycles. The van der Waals surface area contributed by atoms with Crippen LogP contribution in [0.3, 0.4) is 0 Å². The number of nitrogens with zero attached hydrogens (tertiary/aromatic N) is 1. The number of ether oxygens (including phenoxy) is 1. The first-order chi connectivity index (χ1) is 11.7. The molecule has 0 aliphatic carbocycles. The summed E-state index contributed by atoms with van der Waals surface area (Å²) >= 11 is 0.